The van der Waals surface area contributed by atoms with Crippen molar-refractivity contribution in [2.24, 2.45) is 56.7 Å². The topological polar surface area (TPSA) is 55.9 Å². The van der Waals surface area contributed by atoms with Gasteiger partial charge in [0.15, 0.2) is 5.60 Å². The van der Waals surface area contributed by atoms with Gasteiger partial charge in [-0.3, -0.25) is 4.79 Å². The second-order valence-corrected chi connectivity index (χ2v) is 15.3. The lowest BCUT2D eigenvalue weighted by Gasteiger charge is -2.72. The molecule has 0 aromatic heterocycles. The molecule has 2 saturated heterocycles. The van der Waals surface area contributed by atoms with E-state index in [2.05, 4.69) is 41.5 Å². The maximum Gasteiger partial charge on any atom is 0.341 e. The number of rotatable bonds is 0. The molecule has 7 aliphatic rings. The fraction of sp³-hybridized carbons (Fsp3) is 0.933. The zero-order valence-electron chi connectivity index (χ0n) is 22.2. The lowest BCUT2D eigenvalue weighted by molar-refractivity contribution is -0.234. The maximum absolute atomic E-state index is 13.0. The Bertz CT molecular complexity index is 980. The number of fused-ring (bicyclic) bond motifs is 10. The Balaban J connectivity index is 1.29. The Morgan fingerprint density at radius 3 is 2.24 bits per heavy atom. The van der Waals surface area contributed by atoms with Gasteiger partial charge in [-0.25, -0.2) is 4.79 Å². The van der Waals surface area contributed by atoms with Crippen molar-refractivity contribution < 1.29 is 19.1 Å². The molecule has 34 heavy (non-hydrogen) atoms. The molecule has 188 valence electrons. The monoisotopic (exact) mass is 468 g/mol. The van der Waals surface area contributed by atoms with Crippen LogP contribution in [-0.2, 0) is 19.1 Å². The van der Waals surface area contributed by atoms with Crippen molar-refractivity contribution in [3.05, 3.63) is 0 Å². The van der Waals surface area contributed by atoms with Crippen molar-refractivity contribution in [3.8, 4) is 0 Å². The number of hydrogen-bond donors (Lipinski definition) is 0. The minimum absolute atomic E-state index is 0.0660. The van der Waals surface area contributed by atoms with E-state index < -0.39 is 5.60 Å². The molecule has 4 nitrogen and oxygen atoms in total. The third-order valence-electron chi connectivity index (χ3n) is 14.2. The van der Waals surface area contributed by atoms with Crippen LogP contribution in [0.25, 0.3) is 0 Å². The van der Waals surface area contributed by atoms with Crippen molar-refractivity contribution in [1.82, 2.24) is 0 Å². The third-order valence-corrected chi connectivity index (χ3v) is 14.2. The lowest BCUT2D eigenvalue weighted by Crippen LogP contribution is -2.66. The zero-order valence-corrected chi connectivity index (χ0v) is 22.2. The van der Waals surface area contributed by atoms with Crippen molar-refractivity contribution >= 4 is 11.8 Å². The van der Waals surface area contributed by atoms with Crippen LogP contribution in [0.3, 0.4) is 0 Å². The summed E-state index contributed by atoms with van der Waals surface area (Å²) in [7, 11) is 0. The highest BCUT2D eigenvalue weighted by Crippen LogP contribution is 2.78. The second-order valence-electron chi connectivity index (χ2n) is 15.3. The molecule has 7 fully saturated rings. The highest BCUT2D eigenvalue weighted by atomic mass is 16.7. The first-order valence-corrected chi connectivity index (χ1v) is 14.2. The molecule has 4 heteroatoms. The van der Waals surface area contributed by atoms with Crippen LogP contribution in [0.15, 0.2) is 0 Å². The van der Waals surface area contributed by atoms with Gasteiger partial charge in [0.1, 0.15) is 11.9 Å². The molecular weight excluding hydrogens is 424 g/mol. The van der Waals surface area contributed by atoms with Crippen LogP contribution in [0.1, 0.15) is 99.3 Å². The second kappa shape index (κ2) is 6.14. The first-order valence-electron chi connectivity index (χ1n) is 14.2. The summed E-state index contributed by atoms with van der Waals surface area (Å²) < 4.78 is 11.9. The van der Waals surface area contributed by atoms with Crippen molar-refractivity contribution in [2.45, 2.75) is 111 Å². The van der Waals surface area contributed by atoms with Crippen LogP contribution >= 0.6 is 0 Å². The smallest absolute Gasteiger partial charge is 0.341 e. The van der Waals surface area contributed by atoms with E-state index in [1.807, 2.05) is 0 Å². The van der Waals surface area contributed by atoms with Gasteiger partial charge in [0.2, 0.25) is 0 Å². The molecule has 0 bridgehead atoms. The fourth-order valence-electron chi connectivity index (χ4n) is 12.2. The number of ketones is 1. The molecule has 0 aromatic carbocycles. The number of carbonyl (C=O) groups is 2. The first kappa shape index (κ1) is 22.3. The van der Waals surface area contributed by atoms with Crippen molar-refractivity contribution in [1.29, 1.82) is 0 Å². The minimum Gasteiger partial charge on any atom is -0.460 e. The summed E-state index contributed by atoms with van der Waals surface area (Å²) in [5.74, 6) is 3.03. The summed E-state index contributed by atoms with van der Waals surface area (Å²) >= 11 is 0. The molecule has 1 spiro atoms. The largest absolute Gasteiger partial charge is 0.460 e. The summed E-state index contributed by atoms with van der Waals surface area (Å²) in [5.41, 5.74) is 0.287. The number of hydrogen-bond acceptors (Lipinski definition) is 4. The molecule has 7 rings (SSSR count). The average Bonchev–Trinajstić information content (AvgIpc) is 3.45. The van der Waals surface area contributed by atoms with E-state index in [1.165, 1.54) is 38.5 Å². The van der Waals surface area contributed by atoms with Crippen molar-refractivity contribution in [2.75, 3.05) is 6.61 Å². The van der Waals surface area contributed by atoms with Gasteiger partial charge in [0.05, 0.1) is 6.61 Å². The predicted molar refractivity (Wildman–Crippen MR) is 129 cm³/mol. The molecule has 0 N–H and O–H groups in total. The van der Waals surface area contributed by atoms with E-state index in [4.69, 9.17) is 9.47 Å². The minimum atomic E-state index is -0.611. The number of Topliss-reactive ketones (excluding diaryl/α,β-unsaturated/α-hetero) is 1. The normalized spacial score (nSPS) is 61.1. The van der Waals surface area contributed by atoms with Gasteiger partial charge in [0, 0.05) is 17.8 Å². The Hall–Kier alpha value is -0.900. The Morgan fingerprint density at radius 1 is 0.794 bits per heavy atom. The van der Waals surface area contributed by atoms with Crippen LogP contribution in [0.2, 0.25) is 0 Å². The standard InChI is InChI=1S/C30H44O4/c1-25(2)19-9-12-29(6)20(27(19,4)11-10-21(25)31)8-7-17-22-23-18(34-24(32)30(23)16-33-30)15-26(22,3)13-14-28(17,29)5/h17-20,22-23H,7-16H2,1-6H3/t17-,18-,19+,20-,22+,23-,26+,27+,28-,29-,30-/m1/s1. The molecule has 11 atom stereocenters. The number of carbonyl (C=O) groups excluding carboxylic acids is 2. The molecule has 5 aliphatic carbocycles. The molecule has 2 heterocycles. The van der Waals surface area contributed by atoms with E-state index in [1.54, 1.807) is 0 Å². The molecule has 0 unspecified atom stereocenters. The van der Waals surface area contributed by atoms with Crippen LogP contribution < -0.4 is 0 Å². The van der Waals surface area contributed by atoms with Gasteiger partial charge in [-0.1, -0.05) is 41.5 Å². The molecule has 0 radical (unpaired) electrons. The zero-order chi connectivity index (χ0) is 24.1. The first-order chi connectivity index (χ1) is 15.8. The van der Waals surface area contributed by atoms with Crippen molar-refractivity contribution in [3.63, 3.8) is 0 Å². The maximum atomic E-state index is 13.0. The Morgan fingerprint density at radius 2 is 1.53 bits per heavy atom. The molecule has 2 aliphatic heterocycles. The molecule has 0 aromatic rings. The summed E-state index contributed by atoms with van der Waals surface area (Å²) in [6.07, 6.45) is 10.5. The Labute approximate surface area is 205 Å². The van der Waals surface area contributed by atoms with E-state index >= 15 is 0 Å². The van der Waals surface area contributed by atoms with Gasteiger partial charge < -0.3 is 9.47 Å². The van der Waals surface area contributed by atoms with Gasteiger partial charge in [-0.05, 0) is 96.7 Å². The van der Waals surface area contributed by atoms with E-state index in [9.17, 15) is 9.59 Å². The number of esters is 1. The van der Waals surface area contributed by atoms with Gasteiger partial charge in [0.25, 0.3) is 0 Å². The highest BCUT2D eigenvalue weighted by molar-refractivity contribution is 5.86. The predicted octanol–water partition coefficient (Wildman–Crippen LogP) is 5.96. The lowest BCUT2D eigenvalue weighted by atomic mass is 9.32. The summed E-state index contributed by atoms with van der Waals surface area (Å²) in [5, 5.41) is 0. The SMILES string of the molecule is CC1(C)C(=O)CC[C@]2(C)[C@H]3CC[C@@H]4[C@H]5[C@H]6[C@@H](C[C@]5(C)CC[C@@]4(C)[C@]3(C)CC[C@@H]12)OC(=O)[C@@]61CO1. The van der Waals surface area contributed by atoms with Crippen LogP contribution in [0.5, 0.6) is 0 Å². The average molecular weight is 469 g/mol. The quantitative estimate of drug-likeness (QED) is 0.325. The van der Waals surface area contributed by atoms with E-state index in [-0.39, 0.29) is 45.1 Å². The summed E-state index contributed by atoms with van der Waals surface area (Å²) in [6.45, 7) is 15.4. The highest BCUT2D eigenvalue weighted by Gasteiger charge is 2.78. The number of ether oxygens (including phenoxy) is 2. The molecule has 0 amide bonds. The molecule has 5 saturated carbocycles. The van der Waals surface area contributed by atoms with E-state index in [0.29, 0.717) is 36.1 Å². The van der Waals surface area contributed by atoms with Gasteiger partial charge >= 0.3 is 5.97 Å². The Kier molecular flexibility index (Phi) is 4.03. The van der Waals surface area contributed by atoms with Crippen LogP contribution in [-0.4, -0.2) is 30.1 Å². The number of epoxide rings is 1. The van der Waals surface area contributed by atoms with Gasteiger partial charge in [-0.2, -0.15) is 0 Å². The third kappa shape index (κ3) is 2.24. The fourth-order valence-corrected chi connectivity index (χ4v) is 12.2. The summed E-state index contributed by atoms with van der Waals surface area (Å²) in [4.78, 5) is 25.7. The van der Waals surface area contributed by atoms with Gasteiger partial charge in [-0.15, -0.1) is 0 Å². The van der Waals surface area contributed by atoms with E-state index in [0.717, 1.165) is 19.3 Å². The molecular formula is C30H44O4. The van der Waals surface area contributed by atoms with Crippen LogP contribution in [0, 0.1) is 56.7 Å². The van der Waals surface area contributed by atoms with Crippen LogP contribution in [0.4, 0.5) is 0 Å². The summed E-state index contributed by atoms with van der Waals surface area (Å²) in [6, 6.07) is 0.